The summed E-state index contributed by atoms with van der Waals surface area (Å²) in [5, 5.41) is 3.18. The van der Waals surface area contributed by atoms with E-state index >= 15 is 0 Å². The summed E-state index contributed by atoms with van der Waals surface area (Å²) >= 11 is 0. The molecule has 2 nitrogen and oxygen atoms in total. The Morgan fingerprint density at radius 1 is 1.36 bits per heavy atom. The summed E-state index contributed by atoms with van der Waals surface area (Å²) in [5.41, 5.74) is 0.927. The summed E-state index contributed by atoms with van der Waals surface area (Å²) in [4.78, 5) is 0. The second-order valence-electron chi connectivity index (χ2n) is 3.13. The lowest BCUT2D eigenvalue weighted by molar-refractivity contribution is 0.343. The van der Waals surface area contributed by atoms with Crippen LogP contribution in [0.15, 0.2) is 42.6 Å². The minimum absolute atomic E-state index is 0.532. The summed E-state index contributed by atoms with van der Waals surface area (Å²) in [6.07, 6.45) is 1.10. The van der Waals surface area contributed by atoms with Gasteiger partial charge in [0, 0.05) is 12.2 Å². The predicted molar refractivity (Wildman–Crippen MR) is 59.4 cm³/mol. The highest BCUT2D eigenvalue weighted by Gasteiger charge is 1.94. The molecule has 76 valence electrons. The van der Waals surface area contributed by atoms with E-state index in [-0.39, 0.29) is 0 Å². The van der Waals surface area contributed by atoms with Gasteiger partial charge in [0.05, 0.1) is 0 Å². The Balaban J connectivity index is 2.24. The first kappa shape index (κ1) is 10.6. The molecule has 1 rings (SSSR count). The summed E-state index contributed by atoms with van der Waals surface area (Å²) in [6.45, 7) is 7.48. The fourth-order valence-electron chi connectivity index (χ4n) is 1.04. The van der Waals surface area contributed by atoms with Gasteiger partial charge in [0.1, 0.15) is 12.4 Å². The van der Waals surface area contributed by atoms with Crippen LogP contribution in [-0.4, -0.2) is 13.2 Å². The minimum atomic E-state index is 0.532. The molecule has 0 aliphatic carbocycles. The van der Waals surface area contributed by atoms with Crippen molar-refractivity contribution in [1.82, 2.24) is 5.32 Å². The summed E-state index contributed by atoms with van der Waals surface area (Å²) in [6, 6.07) is 9.76. The normalized spacial score (nSPS) is 9.50. The van der Waals surface area contributed by atoms with Crippen molar-refractivity contribution in [2.75, 3.05) is 13.2 Å². The molecule has 1 aromatic carbocycles. The van der Waals surface area contributed by atoms with E-state index in [9.17, 15) is 0 Å². The van der Waals surface area contributed by atoms with Gasteiger partial charge in [0.25, 0.3) is 0 Å². The highest BCUT2D eigenvalue weighted by atomic mass is 16.5. The third-order valence-electron chi connectivity index (χ3n) is 1.78. The van der Waals surface area contributed by atoms with Crippen LogP contribution in [0.5, 0.6) is 5.75 Å². The zero-order valence-electron chi connectivity index (χ0n) is 8.62. The SMILES string of the molecule is C=C(COc1ccccc1)NCCC. The Kier molecular flexibility index (Phi) is 4.62. The molecule has 0 saturated heterocycles. The number of para-hydroxylation sites is 1. The molecule has 0 spiro atoms. The third kappa shape index (κ3) is 3.99. The molecule has 0 fully saturated rings. The smallest absolute Gasteiger partial charge is 0.127 e. The Morgan fingerprint density at radius 2 is 2.07 bits per heavy atom. The van der Waals surface area contributed by atoms with Crippen LogP contribution >= 0.6 is 0 Å². The molecule has 1 aromatic rings. The van der Waals surface area contributed by atoms with Gasteiger partial charge in [-0.2, -0.15) is 0 Å². The lowest BCUT2D eigenvalue weighted by atomic mass is 10.3. The van der Waals surface area contributed by atoms with E-state index in [1.165, 1.54) is 0 Å². The number of hydrogen-bond donors (Lipinski definition) is 1. The fourth-order valence-corrected chi connectivity index (χ4v) is 1.04. The summed E-state index contributed by atoms with van der Waals surface area (Å²) in [7, 11) is 0. The Hall–Kier alpha value is -1.44. The Morgan fingerprint density at radius 3 is 2.71 bits per heavy atom. The maximum atomic E-state index is 5.50. The monoisotopic (exact) mass is 191 g/mol. The molecule has 0 bridgehead atoms. The number of nitrogens with one attached hydrogen (secondary N) is 1. The molecule has 0 saturated carbocycles. The van der Waals surface area contributed by atoms with Gasteiger partial charge in [0.2, 0.25) is 0 Å². The summed E-state index contributed by atoms with van der Waals surface area (Å²) < 4.78 is 5.50. The lowest BCUT2D eigenvalue weighted by Gasteiger charge is -2.09. The molecule has 0 atom stereocenters. The zero-order valence-corrected chi connectivity index (χ0v) is 8.62. The second kappa shape index (κ2) is 6.08. The quantitative estimate of drug-likeness (QED) is 0.746. The number of benzene rings is 1. The summed E-state index contributed by atoms with van der Waals surface area (Å²) in [5.74, 6) is 0.881. The number of hydrogen-bond acceptors (Lipinski definition) is 2. The van der Waals surface area contributed by atoms with Crippen molar-refractivity contribution in [3.05, 3.63) is 42.6 Å². The maximum Gasteiger partial charge on any atom is 0.127 e. The first-order valence-electron chi connectivity index (χ1n) is 4.92. The van der Waals surface area contributed by atoms with Gasteiger partial charge in [0.15, 0.2) is 0 Å². The van der Waals surface area contributed by atoms with Crippen LogP contribution in [0.25, 0.3) is 0 Å². The van der Waals surface area contributed by atoms with E-state index in [0.29, 0.717) is 6.61 Å². The molecule has 14 heavy (non-hydrogen) atoms. The van der Waals surface area contributed by atoms with E-state index < -0.39 is 0 Å². The molecule has 0 amide bonds. The third-order valence-corrected chi connectivity index (χ3v) is 1.78. The van der Waals surface area contributed by atoms with Crippen LogP contribution in [0.3, 0.4) is 0 Å². The van der Waals surface area contributed by atoms with Crippen LogP contribution < -0.4 is 10.1 Å². The highest BCUT2D eigenvalue weighted by Crippen LogP contribution is 2.08. The zero-order chi connectivity index (χ0) is 10.2. The molecule has 0 aromatic heterocycles. The van der Waals surface area contributed by atoms with Gasteiger partial charge >= 0.3 is 0 Å². The lowest BCUT2D eigenvalue weighted by Crippen LogP contribution is -2.18. The van der Waals surface area contributed by atoms with Crippen molar-refractivity contribution < 1.29 is 4.74 Å². The average Bonchev–Trinajstić information content (AvgIpc) is 2.25. The molecule has 0 unspecified atom stereocenters. The molecule has 0 radical (unpaired) electrons. The van der Waals surface area contributed by atoms with Crippen molar-refractivity contribution in [2.45, 2.75) is 13.3 Å². The van der Waals surface area contributed by atoms with E-state index in [1.807, 2.05) is 30.3 Å². The second-order valence-corrected chi connectivity index (χ2v) is 3.13. The van der Waals surface area contributed by atoms with Gasteiger partial charge in [-0.05, 0) is 18.6 Å². The fraction of sp³-hybridized carbons (Fsp3) is 0.333. The van der Waals surface area contributed by atoms with Crippen LogP contribution in [0.2, 0.25) is 0 Å². The van der Waals surface area contributed by atoms with Crippen molar-refractivity contribution in [2.24, 2.45) is 0 Å². The molecule has 0 heterocycles. The molecular formula is C12H17NO. The Labute approximate surface area is 85.6 Å². The topological polar surface area (TPSA) is 21.3 Å². The Bertz CT molecular complexity index is 269. The number of ether oxygens (including phenoxy) is 1. The van der Waals surface area contributed by atoms with Gasteiger partial charge in [-0.15, -0.1) is 0 Å². The van der Waals surface area contributed by atoms with Gasteiger partial charge in [-0.1, -0.05) is 31.7 Å². The van der Waals surface area contributed by atoms with E-state index in [4.69, 9.17) is 4.74 Å². The van der Waals surface area contributed by atoms with Crippen LogP contribution in [0.4, 0.5) is 0 Å². The molecule has 0 aliphatic rings. The largest absolute Gasteiger partial charge is 0.487 e. The van der Waals surface area contributed by atoms with Crippen molar-refractivity contribution >= 4 is 0 Å². The van der Waals surface area contributed by atoms with Crippen LogP contribution in [-0.2, 0) is 0 Å². The average molecular weight is 191 g/mol. The maximum absolute atomic E-state index is 5.50. The molecule has 0 aliphatic heterocycles. The van der Waals surface area contributed by atoms with Crippen molar-refractivity contribution in [3.8, 4) is 5.75 Å². The van der Waals surface area contributed by atoms with E-state index in [0.717, 1.165) is 24.4 Å². The highest BCUT2D eigenvalue weighted by molar-refractivity contribution is 5.21. The van der Waals surface area contributed by atoms with Gasteiger partial charge < -0.3 is 10.1 Å². The van der Waals surface area contributed by atoms with Crippen molar-refractivity contribution in [1.29, 1.82) is 0 Å². The predicted octanol–water partition coefficient (Wildman–Crippen LogP) is 2.58. The van der Waals surface area contributed by atoms with Crippen molar-refractivity contribution in [3.63, 3.8) is 0 Å². The number of rotatable bonds is 6. The van der Waals surface area contributed by atoms with Gasteiger partial charge in [-0.25, -0.2) is 0 Å². The standard InChI is InChI=1S/C12H17NO/c1-3-9-13-11(2)10-14-12-7-5-4-6-8-12/h4-8,13H,2-3,9-10H2,1H3. The van der Waals surface area contributed by atoms with Crippen LogP contribution in [0.1, 0.15) is 13.3 Å². The van der Waals surface area contributed by atoms with Crippen LogP contribution in [0, 0.1) is 0 Å². The first-order valence-corrected chi connectivity index (χ1v) is 4.92. The van der Waals surface area contributed by atoms with E-state index in [2.05, 4.69) is 18.8 Å². The van der Waals surface area contributed by atoms with Gasteiger partial charge in [-0.3, -0.25) is 0 Å². The van der Waals surface area contributed by atoms with E-state index in [1.54, 1.807) is 0 Å². The molecule has 2 heteroatoms. The molecule has 1 N–H and O–H groups in total. The minimum Gasteiger partial charge on any atom is -0.487 e. The first-order chi connectivity index (χ1) is 6.83. The molecular weight excluding hydrogens is 174 g/mol.